The molecule has 1 aromatic heterocycles. The summed E-state index contributed by atoms with van der Waals surface area (Å²) in [6.45, 7) is 0. The Morgan fingerprint density at radius 1 is 0.946 bits per heavy atom. The summed E-state index contributed by atoms with van der Waals surface area (Å²) in [4.78, 5) is 26.6. The number of nitro groups is 1. The minimum absolute atomic E-state index is 0.0751. The molecule has 10 nitrogen and oxygen atoms in total. The van der Waals surface area contributed by atoms with Crippen LogP contribution in [0.4, 0.5) is 17.1 Å². The van der Waals surface area contributed by atoms with Gasteiger partial charge >= 0.3 is 0 Å². The average Bonchev–Trinajstić information content (AvgIpc) is 3.34. The summed E-state index contributed by atoms with van der Waals surface area (Å²) in [5.41, 5.74) is 0.790. The predicted octanol–water partition coefficient (Wildman–Crippen LogP) is 5.10. The standard InChI is InChI=1S/C26H20N4O6S/c1-36-19-8-4-7-18(14-19)27-22-11-12-24(30(32)33)25-21(22)15-23(28-25)26(31)29-37(34,35)20-10-9-16-5-2-3-6-17(16)13-20/h2-15,27-28H,1H3,(H,29,31). The van der Waals surface area contributed by atoms with Gasteiger partial charge in [-0.05, 0) is 47.2 Å². The van der Waals surface area contributed by atoms with Crippen LogP contribution in [0.15, 0.2) is 89.8 Å². The highest BCUT2D eigenvalue weighted by molar-refractivity contribution is 7.90. The van der Waals surface area contributed by atoms with Gasteiger partial charge in [0.2, 0.25) is 0 Å². The number of hydrogen-bond acceptors (Lipinski definition) is 7. The van der Waals surface area contributed by atoms with Crippen LogP contribution in [-0.2, 0) is 10.0 Å². The zero-order chi connectivity index (χ0) is 26.2. The quantitative estimate of drug-likeness (QED) is 0.202. The summed E-state index contributed by atoms with van der Waals surface area (Å²) in [6, 6.07) is 23.0. The van der Waals surface area contributed by atoms with Crippen LogP contribution in [0.1, 0.15) is 10.5 Å². The maximum atomic E-state index is 13.0. The van der Waals surface area contributed by atoms with E-state index in [4.69, 9.17) is 4.74 Å². The number of nitro benzene ring substituents is 1. The third kappa shape index (κ3) is 4.67. The van der Waals surface area contributed by atoms with Crippen molar-refractivity contribution in [3.8, 4) is 5.75 Å². The number of amides is 1. The monoisotopic (exact) mass is 516 g/mol. The molecule has 5 aromatic rings. The molecule has 37 heavy (non-hydrogen) atoms. The molecule has 1 amide bonds. The van der Waals surface area contributed by atoms with E-state index in [9.17, 15) is 23.3 Å². The second kappa shape index (κ2) is 9.28. The van der Waals surface area contributed by atoms with Gasteiger partial charge in [0.05, 0.1) is 16.9 Å². The molecule has 0 aliphatic rings. The number of fused-ring (bicyclic) bond motifs is 2. The molecule has 186 valence electrons. The first-order valence-corrected chi connectivity index (χ1v) is 12.5. The Morgan fingerprint density at radius 2 is 1.73 bits per heavy atom. The maximum absolute atomic E-state index is 13.0. The second-order valence-corrected chi connectivity index (χ2v) is 9.84. The second-order valence-electron chi connectivity index (χ2n) is 8.16. The molecule has 5 rings (SSSR count). The van der Waals surface area contributed by atoms with Gasteiger partial charge in [-0.1, -0.05) is 36.4 Å². The van der Waals surface area contributed by atoms with Crippen LogP contribution in [-0.4, -0.2) is 31.3 Å². The minimum atomic E-state index is -4.21. The van der Waals surface area contributed by atoms with Crippen molar-refractivity contribution in [1.29, 1.82) is 0 Å². The number of non-ortho nitro benzene ring substituents is 1. The number of ether oxygens (including phenoxy) is 1. The number of sulfonamides is 1. The van der Waals surface area contributed by atoms with E-state index in [2.05, 4.69) is 10.3 Å². The van der Waals surface area contributed by atoms with Crippen LogP contribution in [0.2, 0.25) is 0 Å². The first-order chi connectivity index (χ1) is 17.7. The number of benzene rings is 4. The number of rotatable bonds is 7. The molecule has 0 spiro atoms. The van der Waals surface area contributed by atoms with E-state index < -0.39 is 20.9 Å². The summed E-state index contributed by atoms with van der Waals surface area (Å²) in [5, 5.41) is 16.7. The number of carbonyl (C=O) groups is 1. The van der Waals surface area contributed by atoms with Crippen molar-refractivity contribution in [1.82, 2.24) is 9.71 Å². The molecule has 4 aromatic carbocycles. The molecular formula is C26H20N4O6S. The van der Waals surface area contributed by atoms with Gasteiger partial charge < -0.3 is 15.0 Å². The number of anilines is 2. The van der Waals surface area contributed by atoms with Crippen LogP contribution in [0.5, 0.6) is 5.75 Å². The first-order valence-electron chi connectivity index (χ1n) is 11.0. The maximum Gasteiger partial charge on any atom is 0.293 e. The molecule has 1 heterocycles. The predicted molar refractivity (Wildman–Crippen MR) is 140 cm³/mol. The molecule has 0 saturated heterocycles. The Kier molecular flexibility index (Phi) is 5.98. The van der Waals surface area contributed by atoms with Crippen LogP contribution in [0.3, 0.4) is 0 Å². The summed E-state index contributed by atoms with van der Waals surface area (Å²) in [6.07, 6.45) is 0. The van der Waals surface area contributed by atoms with Gasteiger partial charge in [-0.25, -0.2) is 13.1 Å². The van der Waals surface area contributed by atoms with Gasteiger partial charge in [-0.3, -0.25) is 14.9 Å². The lowest BCUT2D eigenvalue weighted by molar-refractivity contribution is -0.383. The van der Waals surface area contributed by atoms with Crippen molar-refractivity contribution in [2.24, 2.45) is 0 Å². The van der Waals surface area contributed by atoms with Gasteiger partial charge in [-0.2, -0.15) is 0 Å². The summed E-state index contributed by atoms with van der Waals surface area (Å²) >= 11 is 0. The van der Waals surface area contributed by atoms with Gasteiger partial charge in [0.1, 0.15) is 17.0 Å². The lowest BCUT2D eigenvalue weighted by Crippen LogP contribution is -2.30. The van der Waals surface area contributed by atoms with E-state index in [1.54, 1.807) is 42.5 Å². The van der Waals surface area contributed by atoms with Crippen molar-refractivity contribution >= 4 is 54.7 Å². The van der Waals surface area contributed by atoms with Crippen LogP contribution in [0, 0.1) is 10.1 Å². The van der Waals surface area contributed by atoms with Crippen molar-refractivity contribution in [2.45, 2.75) is 4.90 Å². The van der Waals surface area contributed by atoms with Crippen molar-refractivity contribution in [3.63, 3.8) is 0 Å². The number of aromatic nitrogens is 1. The van der Waals surface area contributed by atoms with Gasteiger partial charge in [0.15, 0.2) is 0 Å². The van der Waals surface area contributed by atoms with Crippen LogP contribution in [0.25, 0.3) is 21.7 Å². The number of H-pyrrole nitrogens is 1. The third-order valence-corrected chi connectivity index (χ3v) is 7.15. The van der Waals surface area contributed by atoms with Crippen molar-refractivity contribution in [2.75, 3.05) is 12.4 Å². The van der Waals surface area contributed by atoms with E-state index >= 15 is 0 Å². The smallest absolute Gasteiger partial charge is 0.293 e. The van der Waals surface area contributed by atoms with Crippen LogP contribution < -0.4 is 14.8 Å². The lowest BCUT2D eigenvalue weighted by Gasteiger charge is -2.09. The first kappa shape index (κ1) is 23.8. The number of aromatic amines is 1. The van der Waals surface area contributed by atoms with Gasteiger partial charge in [-0.15, -0.1) is 0 Å². The Balaban J connectivity index is 1.50. The molecule has 0 atom stereocenters. The molecule has 11 heteroatoms. The highest BCUT2D eigenvalue weighted by atomic mass is 32.2. The molecule has 0 bridgehead atoms. The highest BCUT2D eigenvalue weighted by Gasteiger charge is 2.24. The number of carbonyl (C=O) groups excluding carboxylic acids is 1. The Morgan fingerprint density at radius 3 is 2.49 bits per heavy atom. The fourth-order valence-corrected chi connectivity index (χ4v) is 5.02. The topological polar surface area (TPSA) is 143 Å². The molecule has 0 unspecified atom stereocenters. The average molecular weight is 517 g/mol. The number of hydrogen-bond donors (Lipinski definition) is 3. The summed E-state index contributed by atoms with van der Waals surface area (Å²) < 4.78 is 33.2. The van der Waals surface area contributed by atoms with E-state index in [1.807, 2.05) is 16.9 Å². The molecule has 0 saturated carbocycles. The van der Waals surface area contributed by atoms with E-state index in [-0.39, 0.29) is 21.8 Å². The Bertz CT molecular complexity index is 1800. The van der Waals surface area contributed by atoms with Crippen LogP contribution >= 0.6 is 0 Å². The number of nitrogens with one attached hydrogen (secondary N) is 3. The lowest BCUT2D eigenvalue weighted by atomic mass is 10.1. The largest absolute Gasteiger partial charge is 0.497 e. The number of nitrogens with zero attached hydrogens (tertiary/aromatic N) is 1. The van der Waals surface area contributed by atoms with Gasteiger partial charge in [0.25, 0.3) is 21.6 Å². The SMILES string of the molecule is COc1cccc(Nc2ccc([N+](=O)[O-])c3[nH]c(C(=O)NS(=O)(=O)c4ccc5ccccc5c4)cc23)c1. The molecule has 3 N–H and O–H groups in total. The minimum Gasteiger partial charge on any atom is -0.497 e. The van der Waals surface area contributed by atoms with E-state index in [0.717, 1.165) is 5.39 Å². The number of methoxy groups -OCH3 is 1. The van der Waals surface area contributed by atoms with Gasteiger partial charge in [0, 0.05) is 28.9 Å². The normalized spacial score (nSPS) is 11.4. The van der Waals surface area contributed by atoms with E-state index in [1.165, 1.54) is 37.4 Å². The summed E-state index contributed by atoms with van der Waals surface area (Å²) in [5.74, 6) is -0.345. The molecular weight excluding hydrogens is 496 g/mol. The summed E-state index contributed by atoms with van der Waals surface area (Å²) in [7, 11) is -2.68. The van der Waals surface area contributed by atoms with Crippen molar-refractivity contribution in [3.05, 3.63) is 101 Å². The third-order valence-electron chi connectivity index (χ3n) is 5.82. The molecule has 0 aliphatic carbocycles. The zero-order valence-corrected chi connectivity index (χ0v) is 20.2. The van der Waals surface area contributed by atoms with E-state index in [0.29, 0.717) is 27.9 Å². The fourth-order valence-electron chi connectivity index (χ4n) is 4.01. The Hall–Kier alpha value is -4.90. The molecule has 0 aliphatic heterocycles. The molecule has 0 radical (unpaired) electrons. The fraction of sp³-hybridized carbons (Fsp3) is 0.0385. The Labute approximate surface area is 211 Å². The van der Waals surface area contributed by atoms with Crippen molar-refractivity contribution < 1.29 is 22.9 Å². The molecule has 0 fully saturated rings. The highest BCUT2D eigenvalue weighted by Crippen LogP contribution is 2.34. The zero-order valence-electron chi connectivity index (χ0n) is 19.4.